The van der Waals surface area contributed by atoms with E-state index in [1.54, 1.807) is 0 Å². The molecule has 0 bridgehead atoms. The molecule has 2 rings (SSSR count). The van der Waals surface area contributed by atoms with Gasteiger partial charge in [-0.1, -0.05) is 104 Å². The summed E-state index contributed by atoms with van der Waals surface area (Å²) in [5.74, 6) is 1.81. The van der Waals surface area contributed by atoms with Crippen molar-refractivity contribution in [1.29, 1.82) is 0 Å². The minimum Gasteiger partial charge on any atom is -0.325 e. The number of unbranched alkanes of at least 4 members (excludes halogenated alkanes) is 14. The van der Waals surface area contributed by atoms with E-state index in [0.29, 0.717) is 0 Å². The minimum atomic E-state index is 0.906. The highest BCUT2D eigenvalue weighted by molar-refractivity contribution is 5.53. The van der Waals surface area contributed by atoms with Crippen LogP contribution >= 0.6 is 0 Å². The van der Waals surface area contributed by atoms with Crippen LogP contribution in [-0.2, 0) is 12.8 Å². The number of nitrogens with zero attached hydrogens (tertiary/aromatic N) is 2. The van der Waals surface area contributed by atoms with E-state index in [-0.39, 0.29) is 0 Å². The summed E-state index contributed by atoms with van der Waals surface area (Å²) in [6.45, 7) is 4.56. The molecule has 0 unspecified atom stereocenters. The third-order valence-electron chi connectivity index (χ3n) is 6.54. The lowest BCUT2D eigenvalue weighted by atomic mass is 10.0. The fourth-order valence-corrected chi connectivity index (χ4v) is 4.45. The van der Waals surface area contributed by atoms with Gasteiger partial charge < -0.3 is 5.32 Å². The van der Waals surface area contributed by atoms with Crippen LogP contribution in [0, 0.1) is 0 Å². The molecule has 2 heterocycles. The standard InChI is InChI=1S/C30H49N3/c1-3-5-7-9-11-13-15-17-19-27-21-23-31-29(25-27)33-30-26-28(22-24-32-30)20-18-16-14-12-10-8-6-4-2/h21-26H,3-20H2,1-2H3,(H,31,32,33). The molecule has 3 heteroatoms. The first-order chi connectivity index (χ1) is 16.3. The van der Waals surface area contributed by atoms with Gasteiger partial charge in [-0.2, -0.15) is 0 Å². The second kappa shape index (κ2) is 18.5. The molecular formula is C30H49N3. The molecule has 3 nitrogen and oxygen atoms in total. The molecule has 33 heavy (non-hydrogen) atoms. The molecule has 0 amide bonds. The summed E-state index contributed by atoms with van der Waals surface area (Å²) < 4.78 is 0. The van der Waals surface area contributed by atoms with Crippen molar-refractivity contribution in [3.8, 4) is 0 Å². The lowest BCUT2D eigenvalue weighted by Crippen LogP contribution is -1.98. The molecule has 0 fully saturated rings. The Morgan fingerprint density at radius 1 is 0.515 bits per heavy atom. The predicted octanol–water partition coefficient (Wildman–Crippen LogP) is 9.59. The fraction of sp³-hybridized carbons (Fsp3) is 0.667. The summed E-state index contributed by atoms with van der Waals surface area (Å²) in [5.41, 5.74) is 2.74. The van der Waals surface area contributed by atoms with Crippen LogP contribution in [0.5, 0.6) is 0 Å². The minimum absolute atomic E-state index is 0.906. The lowest BCUT2D eigenvalue weighted by Gasteiger charge is -2.09. The average Bonchev–Trinajstić information content (AvgIpc) is 2.83. The molecule has 0 saturated carbocycles. The maximum atomic E-state index is 4.52. The Labute approximate surface area is 204 Å². The first kappa shape index (κ1) is 27.3. The first-order valence-electron chi connectivity index (χ1n) is 14.0. The van der Waals surface area contributed by atoms with Gasteiger partial charge in [0.15, 0.2) is 0 Å². The lowest BCUT2D eigenvalue weighted by molar-refractivity contribution is 0.575. The second-order valence-corrected chi connectivity index (χ2v) is 9.67. The van der Waals surface area contributed by atoms with Crippen molar-refractivity contribution in [3.05, 3.63) is 47.8 Å². The number of aryl methyl sites for hydroxylation is 2. The maximum absolute atomic E-state index is 4.52. The Bertz CT molecular complexity index is 666. The van der Waals surface area contributed by atoms with Gasteiger partial charge in [0.05, 0.1) is 0 Å². The normalized spacial score (nSPS) is 11.1. The zero-order valence-electron chi connectivity index (χ0n) is 21.6. The molecule has 0 spiro atoms. The van der Waals surface area contributed by atoms with Crippen LogP contribution in [0.2, 0.25) is 0 Å². The number of aromatic nitrogens is 2. The molecule has 0 atom stereocenters. The van der Waals surface area contributed by atoms with E-state index < -0.39 is 0 Å². The largest absolute Gasteiger partial charge is 0.325 e. The maximum Gasteiger partial charge on any atom is 0.131 e. The van der Waals surface area contributed by atoms with Gasteiger partial charge in [-0.05, 0) is 61.1 Å². The van der Waals surface area contributed by atoms with Crippen LogP contribution in [0.25, 0.3) is 0 Å². The van der Waals surface area contributed by atoms with Crippen LogP contribution < -0.4 is 5.32 Å². The summed E-state index contributed by atoms with van der Waals surface area (Å²) in [6.07, 6.45) is 27.9. The molecule has 2 aromatic heterocycles. The van der Waals surface area contributed by atoms with E-state index in [0.717, 1.165) is 24.5 Å². The van der Waals surface area contributed by atoms with E-state index in [9.17, 15) is 0 Å². The van der Waals surface area contributed by atoms with Gasteiger partial charge in [0.25, 0.3) is 0 Å². The number of hydrogen-bond acceptors (Lipinski definition) is 3. The van der Waals surface area contributed by atoms with Crippen molar-refractivity contribution in [3.63, 3.8) is 0 Å². The molecule has 2 aromatic rings. The van der Waals surface area contributed by atoms with Crippen molar-refractivity contribution in [2.24, 2.45) is 0 Å². The zero-order chi connectivity index (χ0) is 23.4. The third-order valence-corrected chi connectivity index (χ3v) is 6.54. The molecule has 0 aliphatic rings. The predicted molar refractivity (Wildman–Crippen MR) is 144 cm³/mol. The van der Waals surface area contributed by atoms with Crippen molar-refractivity contribution in [2.45, 2.75) is 129 Å². The second-order valence-electron chi connectivity index (χ2n) is 9.67. The summed E-state index contributed by atoms with van der Waals surface area (Å²) in [7, 11) is 0. The van der Waals surface area contributed by atoms with Gasteiger partial charge in [-0.15, -0.1) is 0 Å². The highest BCUT2D eigenvalue weighted by Gasteiger charge is 2.02. The number of anilines is 2. The summed E-state index contributed by atoms with van der Waals surface area (Å²) in [4.78, 5) is 9.03. The van der Waals surface area contributed by atoms with Gasteiger partial charge >= 0.3 is 0 Å². The average molecular weight is 452 g/mol. The van der Waals surface area contributed by atoms with Crippen LogP contribution in [0.1, 0.15) is 128 Å². The molecule has 0 radical (unpaired) electrons. The van der Waals surface area contributed by atoms with E-state index >= 15 is 0 Å². The monoisotopic (exact) mass is 451 g/mol. The Morgan fingerprint density at radius 3 is 1.27 bits per heavy atom. The highest BCUT2D eigenvalue weighted by Crippen LogP contribution is 2.18. The van der Waals surface area contributed by atoms with Crippen LogP contribution in [-0.4, -0.2) is 9.97 Å². The van der Waals surface area contributed by atoms with Gasteiger partial charge in [-0.25, -0.2) is 9.97 Å². The molecule has 184 valence electrons. The third kappa shape index (κ3) is 13.4. The van der Waals surface area contributed by atoms with Crippen molar-refractivity contribution in [2.75, 3.05) is 5.32 Å². The Morgan fingerprint density at radius 2 is 0.879 bits per heavy atom. The molecule has 0 saturated heterocycles. The molecule has 1 N–H and O–H groups in total. The Balaban J connectivity index is 1.66. The van der Waals surface area contributed by atoms with Crippen LogP contribution in [0.15, 0.2) is 36.7 Å². The van der Waals surface area contributed by atoms with Gasteiger partial charge in [-0.3, -0.25) is 0 Å². The molecule has 0 aromatic carbocycles. The van der Waals surface area contributed by atoms with Crippen molar-refractivity contribution >= 4 is 11.6 Å². The summed E-state index contributed by atoms with van der Waals surface area (Å²) in [6, 6.07) is 8.68. The highest BCUT2D eigenvalue weighted by atomic mass is 15.0. The van der Waals surface area contributed by atoms with E-state index in [1.165, 1.54) is 114 Å². The first-order valence-corrected chi connectivity index (χ1v) is 14.0. The Kier molecular flexibility index (Phi) is 15.3. The van der Waals surface area contributed by atoms with E-state index in [1.807, 2.05) is 12.4 Å². The van der Waals surface area contributed by atoms with Crippen molar-refractivity contribution in [1.82, 2.24) is 9.97 Å². The van der Waals surface area contributed by atoms with Gasteiger partial charge in [0.1, 0.15) is 11.6 Å². The topological polar surface area (TPSA) is 37.8 Å². The molecule has 0 aliphatic carbocycles. The van der Waals surface area contributed by atoms with E-state index in [2.05, 4.69) is 53.4 Å². The summed E-state index contributed by atoms with van der Waals surface area (Å²) in [5, 5.41) is 3.42. The Hall–Kier alpha value is -1.90. The van der Waals surface area contributed by atoms with Crippen molar-refractivity contribution < 1.29 is 0 Å². The number of rotatable bonds is 20. The quantitative estimate of drug-likeness (QED) is 0.204. The van der Waals surface area contributed by atoms with Gasteiger partial charge in [0, 0.05) is 12.4 Å². The van der Waals surface area contributed by atoms with E-state index in [4.69, 9.17) is 0 Å². The van der Waals surface area contributed by atoms with Crippen LogP contribution in [0.4, 0.5) is 11.6 Å². The zero-order valence-corrected chi connectivity index (χ0v) is 21.6. The number of pyridine rings is 2. The molecular weight excluding hydrogens is 402 g/mol. The number of hydrogen-bond donors (Lipinski definition) is 1. The van der Waals surface area contributed by atoms with Crippen LogP contribution in [0.3, 0.4) is 0 Å². The number of nitrogens with one attached hydrogen (secondary N) is 1. The smallest absolute Gasteiger partial charge is 0.131 e. The molecule has 0 aliphatic heterocycles. The fourth-order valence-electron chi connectivity index (χ4n) is 4.45. The van der Waals surface area contributed by atoms with Gasteiger partial charge in [0.2, 0.25) is 0 Å². The SMILES string of the molecule is CCCCCCCCCCc1ccnc(Nc2cc(CCCCCCCCCC)ccn2)c1. The summed E-state index contributed by atoms with van der Waals surface area (Å²) >= 11 is 0.